The van der Waals surface area contributed by atoms with E-state index in [1.165, 1.54) is 12.1 Å². The zero-order chi connectivity index (χ0) is 22.8. The number of nitrogens with zero attached hydrogens (tertiary/aromatic N) is 1. The van der Waals surface area contributed by atoms with E-state index in [1.54, 1.807) is 0 Å². The minimum Gasteiger partial charge on any atom is -0.407 e. The van der Waals surface area contributed by atoms with Gasteiger partial charge in [0.15, 0.2) is 0 Å². The number of benzene rings is 2. The summed E-state index contributed by atoms with van der Waals surface area (Å²) < 4.78 is 56.2. The van der Waals surface area contributed by atoms with Crippen molar-refractivity contribution in [3.8, 4) is 0 Å². The predicted octanol–water partition coefficient (Wildman–Crippen LogP) is 3.89. The molecule has 2 N–H and O–H groups in total. The van der Waals surface area contributed by atoms with Crippen LogP contribution in [0.4, 0.5) is 28.0 Å². The van der Waals surface area contributed by atoms with Gasteiger partial charge in [-0.15, -0.1) is 0 Å². The van der Waals surface area contributed by atoms with Gasteiger partial charge in [0.1, 0.15) is 5.82 Å². The van der Waals surface area contributed by atoms with Gasteiger partial charge in [-0.1, -0.05) is 11.6 Å². The van der Waals surface area contributed by atoms with Crippen LogP contribution >= 0.6 is 11.6 Å². The topological polar surface area (TPSA) is 78.9 Å². The minimum absolute atomic E-state index is 0.0193. The Bertz CT molecular complexity index is 964. The smallest absolute Gasteiger partial charge is 0.407 e. The highest BCUT2D eigenvalue weighted by molar-refractivity contribution is 6.30. The Kier molecular flexibility index (Phi) is 6.42. The molecule has 1 atom stereocenters. The first-order valence-corrected chi connectivity index (χ1v) is 9.49. The number of carbonyl (C=O) groups is 2. The Morgan fingerprint density at radius 1 is 1.23 bits per heavy atom. The van der Waals surface area contributed by atoms with Gasteiger partial charge < -0.3 is 20.1 Å². The number of carbonyl (C=O) groups excluding carboxylic acids is 2. The number of aliphatic hydroxyl groups is 1. The number of nitrogens with one attached hydrogen (secondary N) is 1. The van der Waals surface area contributed by atoms with Crippen LogP contribution in [0.5, 0.6) is 0 Å². The molecule has 2 aromatic rings. The molecule has 6 nitrogen and oxygen atoms in total. The van der Waals surface area contributed by atoms with Crippen molar-refractivity contribution in [2.45, 2.75) is 24.8 Å². The standard InChI is InChI=1S/C20H17ClF4N2O4/c21-14-9-12(10-15(22)11-14)5-7-26-18(29)31-19(30)6-8-27(17(19)28)16-3-1-13(2-4-16)20(23,24)25/h1-4,9-11,30H,5-8H2,(H,26,29)/t19-/m0/s1. The van der Waals surface area contributed by atoms with Gasteiger partial charge in [0, 0.05) is 30.2 Å². The summed E-state index contributed by atoms with van der Waals surface area (Å²) in [6.45, 7) is -0.0404. The van der Waals surface area contributed by atoms with Crippen molar-refractivity contribution < 1.29 is 37.0 Å². The Hall–Kier alpha value is -2.85. The van der Waals surface area contributed by atoms with Crippen LogP contribution in [0.2, 0.25) is 5.02 Å². The summed E-state index contributed by atoms with van der Waals surface area (Å²) >= 11 is 5.75. The molecule has 0 spiro atoms. The number of ether oxygens (including phenoxy) is 1. The van der Waals surface area contributed by atoms with Crippen LogP contribution < -0.4 is 10.2 Å². The van der Waals surface area contributed by atoms with Gasteiger partial charge in [0.05, 0.1) is 5.56 Å². The van der Waals surface area contributed by atoms with Gasteiger partial charge in [0.25, 0.3) is 11.7 Å². The Balaban J connectivity index is 1.56. The minimum atomic E-state index is -4.52. The number of hydrogen-bond donors (Lipinski definition) is 2. The molecule has 1 heterocycles. The van der Waals surface area contributed by atoms with Gasteiger partial charge in [-0.3, -0.25) is 4.79 Å². The monoisotopic (exact) mass is 460 g/mol. The zero-order valence-electron chi connectivity index (χ0n) is 15.9. The summed E-state index contributed by atoms with van der Waals surface area (Å²) in [6, 6.07) is 7.71. The first-order valence-electron chi connectivity index (χ1n) is 9.11. The maximum Gasteiger partial charge on any atom is 0.416 e. The van der Waals surface area contributed by atoms with Crippen LogP contribution in [0.25, 0.3) is 0 Å². The Morgan fingerprint density at radius 2 is 1.90 bits per heavy atom. The van der Waals surface area contributed by atoms with Crippen LogP contribution in [0.15, 0.2) is 42.5 Å². The van der Waals surface area contributed by atoms with Crippen molar-refractivity contribution in [3.05, 3.63) is 64.4 Å². The largest absolute Gasteiger partial charge is 0.416 e. The lowest BCUT2D eigenvalue weighted by Gasteiger charge is -2.22. The summed E-state index contributed by atoms with van der Waals surface area (Å²) in [5.74, 6) is -3.95. The summed E-state index contributed by atoms with van der Waals surface area (Å²) in [4.78, 5) is 25.5. The molecule has 166 valence electrons. The molecule has 11 heteroatoms. The number of anilines is 1. The van der Waals surface area contributed by atoms with Gasteiger partial charge in [-0.05, 0) is 54.4 Å². The number of alkyl carbamates (subject to hydrolysis) is 1. The van der Waals surface area contributed by atoms with Crippen LogP contribution in [0.1, 0.15) is 17.5 Å². The second-order valence-corrected chi connectivity index (χ2v) is 7.32. The molecule has 1 fully saturated rings. The summed E-state index contributed by atoms with van der Waals surface area (Å²) in [7, 11) is 0. The molecule has 0 unspecified atom stereocenters. The Labute approximate surface area is 179 Å². The molecule has 2 aromatic carbocycles. The highest BCUT2D eigenvalue weighted by Gasteiger charge is 2.49. The van der Waals surface area contributed by atoms with E-state index in [9.17, 15) is 32.3 Å². The van der Waals surface area contributed by atoms with Crippen LogP contribution in [0.3, 0.4) is 0 Å². The van der Waals surface area contributed by atoms with E-state index in [0.29, 0.717) is 5.56 Å². The fourth-order valence-electron chi connectivity index (χ4n) is 3.11. The lowest BCUT2D eigenvalue weighted by atomic mass is 10.1. The first-order chi connectivity index (χ1) is 14.5. The van der Waals surface area contributed by atoms with E-state index >= 15 is 0 Å². The zero-order valence-corrected chi connectivity index (χ0v) is 16.6. The van der Waals surface area contributed by atoms with E-state index < -0.39 is 35.3 Å². The van der Waals surface area contributed by atoms with E-state index in [2.05, 4.69) is 5.32 Å². The van der Waals surface area contributed by atoms with E-state index in [4.69, 9.17) is 16.3 Å². The lowest BCUT2D eigenvalue weighted by molar-refractivity contribution is -0.175. The number of rotatable bonds is 5. The second-order valence-electron chi connectivity index (χ2n) is 6.88. The SMILES string of the molecule is O=C(NCCc1cc(F)cc(Cl)c1)O[C@@]1(O)CCN(c2ccc(C(F)(F)F)cc2)C1=O. The molecular weight excluding hydrogens is 444 g/mol. The van der Waals surface area contributed by atoms with Crippen LogP contribution in [-0.2, 0) is 22.1 Å². The molecule has 0 saturated carbocycles. The van der Waals surface area contributed by atoms with E-state index in [-0.39, 0.29) is 36.6 Å². The molecule has 1 aliphatic rings. The summed E-state index contributed by atoms with van der Waals surface area (Å²) in [5, 5.41) is 13.0. The van der Waals surface area contributed by atoms with Crippen molar-refractivity contribution >= 4 is 29.3 Å². The molecule has 0 aromatic heterocycles. The first kappa shape index (κ1) is 22.8. The maximum absolute atomic E-state index is 13.3. The van der Waals surface area contributed by atoms with Crippen LogP contribution in [-0.4, -0.2) is 36.0 Å². The highest BCUT2D eigenvalue weighted by Crippen LogP contribution is 2.33. The van der Waals surface area contributed by atoms with Crippen molar-refractivity contribution in [1.29, 1.82) is 0 Å². The summed E-state index contributed by atoms with van der Waals surface area (Å²) in [5.41, 5.74) is -0.233. The fourth-order valence-corrected chi connectivity index (χ4v) is 3.35. The molecule has 0 bridgehead atoms. The normalized spacial score (nSPS) is 18.9. The van der Waals surface area contributed by atoms with Gasteiger partial charge >= 0.3 is 12.3 Å². The van der Waals surface area contributed by atoms with Crippen molar-refractivity contribution in [2.24, 2.45) is 0 Å². The van der Waals surface area contributed by atoms with Crippen LogP contribution in [0, 0.1) is 5.82 Å². The number of hydrogen-bond acceptors (Lipinski definition) is 4. The number of halogens is 5. The van der Waals surface area contributed by atoms with E-state index in [0.717, 1.165) is 35.2 Å². The van der Waals surface area contributed by atoms with Crippen molar-refractivity contribution in [2.75, 3.05) is 18.0 Å². The average molecular weight is 461 g/mol. The molecule has 2 amide bonds. The second kappa shape index (κ2) is 8.72. The average Bonchev–Trinajstić information content (AvgIpc) is 2.95. The third-order valence-electron chi connectivity index (χ3n) is 4.63. The van der Waals surface area contributed by atoms with Gasteiger partial charge in [-0.25, -0.2) is 9.18 Å². The number of amides is 2. The molecule has 3 rings (SSSR count). The number of alkyl halides is 3. The maximum atomic E-state index is 13.3. The third-order valence-corrected chi connectivity index (χ3v) is 4.85. The molecular formula is C20H17ClF4N2O4. The predicted molar refractivity (Wildman–Crippen MR) is 103 cm³/mol. The lowest BCUT2D eigenvalue weighted by Crippen LogP contribution is -2.46. The molecule has 1 saturated heterocycles. The van der Waals surface area contributed by atoms with Gasteiger partial charge in [0.2, 0.25) is 0 Å². The summed E-state index contributed by atoms with van der Waals surface area (Å²) in [6.07, 6.45) is -5.64. The van der Waals surface area contributed by atoms with Crippen molar-refractivity contribution in [1.82, 2.24) is 5.32 Å². The Morgan fingerprint density at radius 3 is 2.52 bits per heavy atom. The molecule has 31 heavy (non-hydrogen) atoms. The fraction of sp³-hybridized carbons (Fsp3) is 0.300. The van der Waals surface area contributed by atoms with Crippen molar-refractivity contribution in [3.63, 3.8) is 0 Å². The third kappa shape index (κ3) is 5.45. The molecule has 0 aliphatic carbocycles. The highest BCUT2D eigenvalue weighted by atomic mass is 35.5. The molecule has 1 aliphatic heterocycles. The van der Waals surface area contributed by atoms with Gasteiger partial charge in [-0.2, -0.15) is 13.2 Å². The quantitative estimate of drug-likeness (QED) is 0.524. The van der Waals surface area contributed by atoms with E-state index in [1.807, 2.05) is 0 Å². The molecule has 0 radical (unpaired) electrons.